The number of phosphoric acid groups is 2. The Bertz CT molecular complexity index is 2550. The fourth-order valence-electron chi connectivity index (χ4n) is 9.64. The molecule has 17 nitrogen and oxygen atoms in total. The van der Waals surface area contributed by atoms with E-state index >= 15 is 0 Å². The van der Waals surface area contributed by atoms with Crippen molar-refractivity contribution in [1.82, 2.24) is 0 Å². The average molecular weight is 1470 g/mol. The molecule has 0 saturated carbocycles. The average Bonchev–Trinajstić information content (AvgIpc) is 0.926. The van der Waals surface area contributed by atoms with Crippen molar-refractivity contribution < 1.29 is 80.2 Å². The first-order chi connectivity index (χ1) is 49.7. The molecule has 0 aromatic rings. The SMILES string of the molecule is CC/C=C\C/C=C\C/C=C\C/C=C\C/C=C\CCCCCC(=O)OCC(COP(=O)(O)OCC(O)COP(=O)(O)OCC(COC(=O)CCCCCC/C=C\C/C=C\C/C=C\C/C=C\CC)OC(=O)CCCCCCC/C=C\C/C=C\C/C=C\CC)OC(=O)CCCCCCC/C=C\CCCC. The van der Waals surface area contributed by atoms with Crippen LogP contribution in [0.25, 0.3) is 0 Å². The van der Waals surface area contributed by atoms with E-state index in [0.29, 0.717) is 25.7 Å². The van der Waals surface area contributed by atoms with Gasteiger partial charge < -0.3 is 33.8 Å². The molecular weight excluding hydrogens is 1330 g/mol. The maximum Gasteiger partial charge on any atom is 0.472 e. The summed E-state index contributed by atoms with van der Waals surface area (Å²) in [5.74, 6) is -2.28. The van der Waals surface area contributed by atoms with Crippen LogP contribution in [0.1, 0.15) is 285 Å². The lowest BCUT2D eigenvalue weighted by Crippen LogP contribution is -2.30. The molecule has 0 spiro atoms. The number of hydrogen-bond donors (Lipinski definition) is 3. The summed E-state index contributed by atoms with van der Waals surface area (Å²) in [4.78, 5) is 72.9. The fraction of sp³-hybridized carbons (Fsp3) is 0.639. The molecule has 0 aromatic carbocycles. The lowest BCUT2D eigenvalue weighted by molar-refractivity contribution is -0.161. The Morgan fingerprint density at radius 3 is 0.804 bits per heavy atom. The van der Waals surface area contributed by atoms with Gasteiger partial charge in [0.25, 0.3) is 0 Å². The molecule has 0 aliphatic rings. The van der Waals surface area contributed by atoms with Crippen LogP contribution >= 0.6 is 15.6 Å². The van der Waals surface area contributed by atoms with E-state index < -0.39 is 97.5 Å². The summed E-state index contributed by atoms with van der Waals surface area (Å²) in [6.07, 6.45) is 85.2. The smallest absolute Gasteiger partial charge is 0.462 e. The Balaban J connectivity index is 5.40. The van der Waals surface area contributed by atoms with Crippen LogP contribution in [0.5, 0.6) is 0 Å². The number of carbonyl (C=O) groups is 4. The van der Waals surface area contributed by atoms with Crippen LogP contribution in [0.3, 0.4) is 0 Å². The van der Waals surface area contributed by atoms with Gasteiger partial charge in [-0.25, -0.2) is 9.13 Å². The quantitative estimate of drug-likeness (QED) is 0.0169. The molecule has 5 unspecified atom stereocenters. The van der Waals surface area contributed by atoms with Gasteiger partial charge in [0.1, 0.15) is 19.3 Å². The first-order valence-electron chi connectivity index (χ1n) is 38.7. The number of phosphoric ester groups is 2. The van der Waals surface area contributed by atoms with Crippen LogP contribution in [0.4, 0.5) is 0 Å². The zero-order valence-electron chi connectivity index (χ0n) is 63.2. The van der Waals surface area contributed by atoms with Crippen molar-refractivity contribution in [2.24, 2.45) is 0 Å². The predicted molar refractivity (Wildman–Crippen MR) is 417 cm³/mol. The van der Waals surface area contributed by atoms with E-state index in [4.69, 9.17) is 37.0 Å². The summed E-state index contributed by atoms with van der Waals surface area (Å²) in [7, 11) is -9.99. The molecule has 102 heavy (non-hydrogen) atoms. The van der Waals surface area contributed by atoms with Crippen molar-refractivity contribution in [2.45, 2.75) is 303 Å². The summed E-state index contributed by atoms with van der Waals surface area (Å²) in [6, 6.07) is 0. The van der Waals surface area contributed by atoms with Gasteiger partial charge in [0.05, 0.1) is 26.4 Å². The fourth-order valence-corrected chi connectivity index (χ4v) is 11.2. The third-order valence-corrected chi connectivity index (χ3v) is 17.4. The zero-order valence-corrected chi connectivity index (χ0v) is 65.0. The third-order valence-electron chi connectivity index (χ3n) is 15.5. The van der Waals surface area contributed by atoms with Gasteiger partial charge in [0, 0.05) is 25.7 Å². The van der Waals surface area contributed by atoms with Gasteiger partial charge >= 0.3 is 39.5 Å². The monoisotopic (exact) mass is 1470 g/mol. The minimum Gasteiger partial charge on any atom is -0.462 e. The van der Waals surface area contributed by atoms with Crippen molar-refractivity contribution in [3.05, 3.63) is 158 Å². The van der Waals surface area contributed by atoms with E-state index in [9.17, 15) is 43.2 Å². The van der Waals surface area contributed by atoms with E-state index in [1.165, 1.54) is 12.8 Å². The summed E-state index contributed by atoms with van der Waals surface area (Å²) in [5, 5.41) is 10.6. The van der Waals surface area contributed by atoms with Crippen LogP contribution < -0.4 is 0 Å². The van der Waals surface area contributed by atoms with Gasteiger partial charge in [-0.05, 0) is 161 Å². The Labute approximate surface area is 617 Å². The van der Waals surface area contributed by atoms with Crippen LogP contribution in [-0.2, 0) is 65.4 Å². The first-order valence-corrected chi connectivity index (χ1v) is 41.7. The van der Waals surface area contributed by atoms with Gasteiger partial charge in [-0.2, -0.15) is 0 Å². The molecule has 0 amide bonds. The summed E-state index contributed by atoms with van der Waals surface area (Å²) >= 11 is 0. The van der Waals surface area contributed by atoms with Crippen LogP contribution in [-0.4, -0.2) is 96.7 Å². The number of ether oxygens (including phenoxy) is 4. The van der Waals surface area contributed by atoms with Crippen LogP contribution in [0, 0.1) is 0 Å². The highest BCUT2D eigenvalue weighted by Gasteiger charge is 2.30. The van der Waals surface area contributed by atoms with Crippen molar-refractivity contribution >= 4 is 39.5 Å². The molecule has 19 heteroatoms. The van der Waals surface area contributed by atoms with Gasteiger partial charge in [0.15, 0.2) is 12.2 Å². The minimum absolute atomic E-state index is 0.0640. The molecule has 0 aliphatic carbocycles. The topological polar surface area (TPSA) is 237 Å². The number of allylic oxidation sites excluding steroid dienone is 26. The molecule has 0 saturated heterocycles. The van der Waals surface area contributed by atoms with Gasteiger partial charge in [-0.3, -0.25) is 37.3 Å². The molecule has 0 aromatic heterocycles. The van der Waals surface area contributed by atoms with E-state index in [1.54, 1.807) is 0 Å². The number of rotatable bonds is 71. The molecule has 0 radical (unpaired) electrons. The molecule has 0 bridgehead atoms. The number of aliphatic hydroxyl groups is 1. The summed E-state index contributed by atoms with van der Waals surface area (Å²) in [5.41, 5.74) is 0. The molecule has 580 valence electrons. The lowest BCUT2D eigenvalue weighted by atomic mass is 10.1. The van der Waals surface area contributed by atoms with Crippen molar-refractivity contribution in [1.29, 1.82) is 0 Å². The van der Waals surface area contributed by atoms with Crippen molar-refractivity contribution in [2.75, 3.05) is 39.6 Å². The van der Waals surface area contributed by atoms with Gasteiger partial charge in [0.2, 0.25) is 0 Å². The van der Waals surface area contributed by atoms with E-state index in [1.807, 2.05) is 0 Å². The number of aliphatic hydroxyl groups excluding tert-OH is 1. The lowest BCUT2D eigenvalue weighted by Gasteiger charge is -2.21. The molecule has 5 atom stereocenters. The Hall–Kier alpha value is -5.32. The maximum absolute atomic E-state index is 13.1. The highest BCUT2D eigenvalue weighted by molar-refractivity contribution is 7.47. The number of esters is 4. The van der Waals surface area contributed by atoms with Crippen LogP contribution in [0.2, 0.25) is 0 Å². The molecule has 0 rings (SSSR count). The zero-order chi connectivity index (χ0) is 74.6. The highest BCUT2D eigenvalue weighted by atomic mass is 31.2. The standard InChI is InChI=1S/C83H136O17P2/c1-5-9-13-17-21-25-29-32-35-37-38-40-43-45-49-52-56-60-64-68-80(85)93-73-78(99-82(87)69-65-61-57-53-47-28-24-20-16-12-8-4)75-97-101(89,90)95-71-77(84)72-96-102(91,92)98-76-79(100-83(88)70-66-62-58-54-50-46-41-34-31-27-23-19-15-11-7-3)74-94-81(86)67-63-59-55-51-48-44-42-39-36-33-30-26-22-18-14-10-6-2/h9-11,13-15,20-27,32-36,38,40-42,44-45,49,77-79,84H,5-8,12,16-19,28-31,37,39,43,46-48,50-76H2,1-4H3,(H,89,90)(H,91,92)/b13-9-,14-10-,15-11-,24-20-,25-21-,26-22-,27-23-,35-32-,36-33-,40-38-,41-34-,44-42-,49-45-. The minimum atomic E-state index is -4.99. The molecular formula is C83H136O17P2. The normalized spacial score (nSPS) is 14.8. The van der Waals surface area contributed by atoms with Gasteiger partial charge in [-0.15, -0.1) is 0 Å². The molecule has 3 N–H and O–H groups in total. The Morgan fingerprint density at radius 2 is 0.510 bits per heavy atom. The number of unbranched alkanes of at least 4 members (excludes halogenated alkanes) is 19. The summed E-state index contributed by atoms with van der Waals surface area (Å²) < 4.78 is 68.4. The van der Waals surface area contributed by atoms with Crippen molar-refractivity contribution in [3.8, 4) is 0 Å². The van der Waals surface area contributed by atoms with Gasteiger partial charge in [-0.1, -0.05) is 256 Å². The van der Waals surface area contributed by atoms with E-state index in [2.05, 4.69) is 186 Å². The number of carbonyl (C=O) groups excluding carboxylic acids is 4. The molecule has 0 aliphatic heterocycles. The van der Waals surface area contributed by atoms with E-state index in [0.717, 1.165) is 193 Å². The first kappa shape index (κ1) is 96.7. The maximum atomic E-state index is 13.1. The largest absolute Gasteiger partial charge is 0.472 e. The molecule has 0 fully saturated rings. The molecule has 0 heterocycles. The van der Waals surface area contributed by atoms with E-state index in [-0.39, 0.29) is 25.7 Å². The second kappa shape index (κ2) is 74.0. The predicted octanol–water partition coefficient (Wildman–Crippen LogP) is 22.4. The Kier molecular flexibility index (Phi) is 70.1. The summed E-state index contributed by atoms with van der Waals surface area (Å²) in [6.45, 7) is 4.38. The second-order valence-corrected chi connectivity index (χ2v) is 28.1. The van der Waals surface area contributed by atoms with Crippen molar-refractivity contribution in [3.63, 3.8) is 0 Å². The van der Waals surface area contributed by atoms with Crippen LogP contribution in [0.15, 0.2) is 158 Å². The second-order valence-electron chi connectivity index (χ2n) is 25.1. The Morgan fingerprint density at radius 1 is 0.284 bits per heavy atom. The highest BCUT2D eigenvalue weighted by Crippen LogP contribution is 2.45. The third kappa shape index (κ3) is 73.0. The number of hydrogen-bond acceptors (Lipinski definition) is 15.